The largest absolute Gasteiger partial charge is 0.337 e. The van der Waals surface area contributed by atoms with E-state index in [1.807, 2.05) is 30.3 Å². The summed E-state index contributed by atoms with van der Waals surface area (Å²) in [6.45, 7) is 0. The molecule has 2 aromatic rings. The number of aliphatic imine (C=N–C) groups is 1. The van der Waals surface area contributed by atoms with Crippen LogP contribution in [0.1, 0.15) is 12.0 Å². The lowest BCUT2D eigenvalue weighted by Crippen LogP contribution is -2.53. The van der Waals surface area contributed by atoms with Gasteiger partial charge < -0.3 is 5.32 Å². The molecule has 1 aliphatic heterocycles. The van der Waals surface area contributed by atoms with Crippen LogP contribution >= 0.6 is 23.2 Å². The number of hydrazine groups is 2. The second-order valence-electron chi connectivity index (χ2n) is 6.33. The van der Waals surface area contributed by atoms with Crippen LogP contribution < -0.4 is 27.0 Å². The van der Waals surface area contributed by atoms with E-state index >= 15 is 0 Å². The SMILES string of the molecule is O=C(CC1N=C(Cc2ccccc2)NNC1=O)NNC(=O)Nc1ccc(Cl)c(Cl)c1. The second kappa shape index (κ2) is 9.95. The van der Waals surface area contributed by atoms with Crippen LogP contribution in [0.15, 0.2) is 53.5 Å². The number of nitrogens with zero attached hydrogens (tertiary/aromatic N) is 1. The Labute approximate surface area is 182 Å². The molecule has 4 amide bonds. The van der Waals surface area contributed by atoms with Gasteiger partial charge in [0, 0.05) is 12.1 Å². The minimum atomic E-state index is -0.912. The number of hydrogen-bond acceptors (Lipinski definition) is 5. The highest BCUT2D eigenvalue weighted by Crippen LogP contribution is 2.24. The zero-order valence-electron chi connectivity index (χ0n) is 15.5. The Morgan fingerprint density at radius 3 is 2.50 bits per heavy atom. The van der Waals surface area contributed by atoms with Crippen molar-refractivity contribution in [3.63, 3.8) is 0 Å². The fourth-order valence-electron chi connectivity index (χ4n) is 2.60. The average Bonchev–Trinajstić information content (AvgIpc) is 2.72. The van der Waals surface area contributed by atoms with Crippen molar-refractivity contribution in [2.24, 2.45) is 4.99 Å². The lowest BCUT2D eigenvalue weighted by atomic mass is 10.1. The first-order valence-corrected chi connectivity index (χ1v) is 9.63. The van der Waals surface area contributed by atoms with E-state index in [0.29, 0.717) is 23.0 Å². The molecule has 0 radical (unpaired) electrons. The van der Waals surface area contributed by atoms with Gasteiger partial charge in [-0.1, -0.05) is 53.5 Å². The third-order valence-corrected chi connectivity index (χ3v) is 4.77. The Bertz CT molecular complexity index is 983. The number of carbonyl (C=O) groups excluding carboxylic acids is 3. The molecule has 0 bridgehead atoms. The molecule has 0 saturated heterocycles. The van der Waals surface area contributed by atoms with Crippen LogP contribution in [0.25, 0.3) is 0 Å². The van der Waals surface area contributed by atoms with E-state index < -0.39 is 23.9 Å². The van der Waals surface area contributed by atoms with Gasteiger partial charge in [0.2, 0.25) is 5.91 Å². The molecule has 1 aliphatic rings. The molecular weight excluding hydrogens is 431 g/mol. The van der Waals surface area contributed by atoms with Crippen molar-refractivity contribution in [1.82, 2.24) is 21.7 Å². The average molecular weight is 449 g/mol. The number of halogens is 2. The third kappa shape index (κ3) is 6.10. The van der Waals surface area contributed by atoms with Gasteiger partial charge in [-0.25, -0.2) is 10.2 Å². The predicted octanol–water partition coefficient (Wildman–Crippen LogP) is 2.18. The van der Waals surface area contributed by atoms with Crippen LogP contribution in [0, 0.1) is 0 Å². The first-order chi connectivity index (χ1) is 14.4. The molecule has 0 aromatic heterocycles. The number of benzene rings is 2. The molecular formula is C19H18Cl2N6O3. The van der Waals surface area contributed by atoms with Crippen molar-refractivity contribution in [1.29, 1.82) is 0 Å². The highest BCUT2D eigenvalue weighted by Gasteiger charge is 2.26. The summed E-state index contributed by atoms with van der Waals surface area (Å²) in [5, 5.41) is 3.12. The first kappa shape index (κ1) is 21.4. The Hall–Kier alpha value is -3.30. The van der Waals surface area contributed by atoms with E-state index in [2.05, 4.69) is 32.0 Å². The van der Waals surface area contributed by atoms with Gasteiger partial charge in [-0.15, -0.1) is 0 Å². The molecule has 11 heteroatoms. The fraction of sp³-hybridized carbons (Fsp3) is 0.158. The highest BCUT2D eigenvalue weighted by atomic mass is 35.5. The predicted molar refractivity (Wildman–Crippen MR) is 114 cm³/mol. The molecule has 156 valence electrons. The van der Waals surface area contributed by atoms with Crippen LogP contribution in [-0.4, -0.2) is 29.7 Å². The monoisotopic (exact) mass is 448 g/mol. The number of amides is 4. The van der Waals surface area contributed by atoms with Crippen molar-refractivity contribution >= 4 is 52.6 Å². The first-order valence-electron chi connectivity index (χ1n) is 8.88. The molecule has 3 rings (SSSR count). The molecule has 0 saturated carbocycles. The van der Waals surface area contributed by atoms with Crippen LogP contribution in [-0.2, 0) is 16.0 Å². The molecule has 1 unspecified atom stereocenters. The minimum absolute atomic E-state index is 0.237. The summed E-state index contributed by atoms with van der Waals surface area (Å²) in [6.07, 6.45) is 0.238. The molecule has 1 heterocycles. The van der Waals surface area contributed by atoms with Gasteiger partial charge in [-0.3, -0.25) is 30.9 Å². The van der Waals surface area contributed by atoms with Gasteiger partial charge in [0.05, 0.1) is 16.5 Å². The summed E-state index contributed by atoms with van der Waals surface area (Å²) in [5.74, 6) is -0.490. The van der Waals surface area contributed by atoms with Gasteiger partial charge in [0.25, 0.3) is 5.91 Å². The Morgan fingerprint density at radius 1 is 1.00 bits per heavy atom. The van der Waals surface area contributed by atoms with E-state index in [4.69, 9.17) is 23.2 Å². The topological polar surface area (TPSA) is 124 Å². The number of anilines is 1. The fourth-order valence-corrected chi connectivity index (χ4v) is 2.90. The quantitative estimate of drug-likeness (QED) is 0.449. The number of carbonyl (C=O) groups is 3. The van der Waals surface area contributed by atoms with E-state index in [-0.39, 0.29) is 11.4 Å². The number of hydrogen-bond donors (Lipinski definition) is 5. The Kier molecular flexibility index (Phi) is 7.10. The maximum Gasteiger partial charge on any atom is 0.337 e. The van der Waals surface area contributed by atoms with Crippen LogP contribution in [0.3, 0.4) is 0 Å². The standard InChI is InChI=1S/C19H18Cl2N6O3/c20-13-7-6-12(9-14(13)21)22-19(30)27-25-17(28)10-15-18(29)26-24-16(23-15)8-11-4-2-1-3-5-11/h1-7,9,15H,8,10H2,(H,23,24)(H,25,28)(H,26,29)(H2,22,27,30). The maximum atomic E-state index is 12.1. The molecule has 5 N–H and O–H groups in total. The van der Waals surface area contributed by atoms with E-state index in [1.54, 1.807) is 6.07 Å². The molecule has 30 heavy (non-hydrogen) atoms. The summed E-state index contributed by atoms with van der Waals surface area (Å²) in [6, 6.07) is 12.5. The molecule has 1 atom stereocenters. The Morgan fingerprint density at radius 2 is 1.77 bits per heavy atom. The summed E-state index contributed by atoms with van der Waals surface area (Å²) in [5.41, 5.74) is 11.0. The number of amidine groups is 1. The minimum Gasteiger partial charge on any atom is -0.307 e. The molecule has 2 aromatic carbocycles. The normalized spacial score (nSPS) is 15.3. The number of rotatable bonds is 5. The molecule has 0 spiro atoms. The lowest BCUT2D eigenvalue weighted by molar-refractivity contribution is -0.128. The van der Waals surface area contributed by atoms with Crippen molar-refractivity contribution in [2.45, 2.75) is 18.9 Å². The van der Waals surface area contributed by atoms with Gasteiger partial charge in [0.1, 0.15) is 11.9 Å². The molecule has 9 nitrogen and oxygen atoms in total. The summed E-state index contributed by atoms with van der Waals surface area (Å²) < 4.78 is 0. The number of nitrogens with one attached hydrogen (secondary N) is 5. The van der Waals surface area contributed by atoms with Crippen LogP contribution in [0.4, 0.5) is 10.5 Å². The lowest BCUT2D eigenvalue weighted by Gasteiger charge is -2.22. The van der Waals surface area contributed by atoms with Gasteiger partial charge in [0.15, 0.2) is 0 Å². The Balaban J connectivity index is 1.50. The highest BCUT2D eigenvalue weighted by molar-refractivity contribution is 6.42. The summed E-state index contributed by atoms with van der Waals surface area (Å²) >= 11 is 11.7. The van der Waals surface area contributed by atoms with E-state index in [0.717, 1.165) is 5.56 Å². The maximum absolute atomic E-state index is 12.1. The summed E-state index contributed by atoms with van der Waals surface area (Å²) in [4.78, 5) is 40.3. The van der Waals surface area contributed by atoms with E-state index in [1.165, 1.54) is 12.1 Å². The smallest absolute Gasteiger partial charge is 0.307 e. The van der Waals surface area contributed by atoms with E-state index in [9.17, 15) is 14.4 Å². The van der Waals surface area contributed by atoms with Crippen LogP contribution in [0.2, 0.25) is 10.0 Å². The molecule has 0 aliphatic carbocycles. The van der Waals surface area contributed by atoms with Crippen molar-refractivity contribution in [2.75, 3.05) is 5.32 Å². The zero-order chi connectivity index (χ0) is 21.5. The number of urea groups is 1. The third-order valence-electron chi connectivity index (χ3n) is 4.03. The summed E-state index contributed by atoms with van der Waals surface area (Å²) in [7, 11) is 0. The van der Waals surface area contributed by atoms with Crippen molar-refractivity contribution in [3.8, 4) is 0 Å². The van der Waals surface area contributed by atoms with Crippen molar-refractivity contribution < 1.29 is 14.4 Å². The van der Waals surface area contributed by atoms with Gasteiger partial charge in [-0.2, -0.15) is 0 Å². The second-order valence-corrected chi connectivity index (χ2v) is 7.14. The van der Waals surface area contributed by atoms with Crippen LogP contribution in [0.5, 0.6) is 0 Å². The molecule has 0 fully saturated rings. The zero-order valence-corrected chi connectivity index (χ0v) is 17.1. The van der Waals surface area contributed by atoms with Crippen molar-refractivity contribution in [3.05, 3.63) is 64.1 Å². The van der Waals surface area contributed by atoms with Gasteiger partial charge in [-0.05, 0) is 23.8 Å². The van der Waals surface area contributed by atoms with Gasteiger partial charge >= 0.3 is 6.03 Å².